The molecule has 0 saturated carbocycles. The summed E-state index contributed by atoms with van der Waals surface area (Å²) < 4.78 is 3.91. The van der Waals surface area contributed by atoms with E-state index in [1.807, 2.05) is 115 Å². The average Bonchev–Trinajstić information content (AvgIpc) is 3.19. The van der Waals surface area contributed by atoms with Gasteiger partial charge in [0.1, 0.15) is 5.56 Å². The van der Waals surface area contributed by atoms with Gasteiger partial charge in [-0.25, -0.2) is 9.36 Å². The second-order valence-corrected chi connectivity index (χ2v) is 8.81. The normalized spacial score (nSPS) is 11.8. The van der Waals surface area contributed by atoms with Crippen LogP contribution in [-0.4, -0.2) is 14.5 Å². The standard InChI is InChI=1S/C29H21BrN4O2/c30-22-16-18-23(19-17-22)32-31-20-26(21-10-4-1-5-11-21)27-28(35)33(24-12-6-2-7-13-24)34(29(27)36)25-14-8-3-9-15-25/h1-20,35H/b26-20+,32-31?. The van der Waals surface area contributed by atoms with Gasteiger partial charge in [-0.05, 0) is 54.1 Å². The molecule has 1 aromatic heterocycles. The summed E-state index contributed by atoms with van der Waals surface area (Å²) in [6, 6.07) is 35.3. The van der Waals surface area contributed by atoms with Crippen molar-refractivity contribution in [2.24, 2.45) is 10.2 Å². The molecule has 0 aliphatic carbocycles. The summed E-state index contributed by atoms with van der Waals surface area (Å²) in [5, 5.41) is 20.1. The number of para-hydroxylation sites is 2. The molecule has 5 aromatic rings. The third-order valence-electron chi connectivity index (χ3n) is 5.57. The first kappa shape index (κ1) is 23.3. The minimum absolute atomic E-state index is 0.128. The largest absolute Gasteiger partial charge is 0.493 e. The van der Waals surface area contributed by atoms with Gasteiger partial charge in [-0.3, -0.25) is 4.79 Å². The molecule has 0 radical (unpaired) electrons. The second-order valence-electron chi connectivity index (χ2n) is 7.90. The fourth-order valence-corrected chi connectivity index (χ4v) is 4.16. The number of benzene rings is 4. The molecule has 5 rings (SSSR count). The molecule has 0 spiro atoms. The summed E-state index contributed by atoms with van der Waals surface area (Å²) in [6.07, 6.45) is 1.51. The molecule has 0 atom stereocenters. The van der Waals surface area contributed by atoms with Crippen LogP contribution in [0.1, 0.15) is 11.1 Å². The SMILES string of the molecule is O=c1c(/C(=C/N=Nc2ccc(Br)cc2)c2ccccc2)c(O)n(-c2ccccc2)n1-c1ccccc1. The zero-order valence-corrected chi connectivity index (χ0v) is 20.7. The summed E-state index contributed by atoms with van der Waals surface area (Å²) in [7, 11) is 0. The molecule has 0 bridgehead atoms. The lowest BCUT2D eigenvalue weighted by atomic mass is 10.0. The van der Waals surface area contributed by atoms with E-state index >= 15 is 0 Å². The number of hydrogen-bond acceptors (Lipinski definition) is 4. The Morgan fingerprint density at radius 3 is 1.83 bits per heavy atom. The van der Waals surface area contributed by atoms with Gasteiger partial charge in [-0.2, -0.15) is 10.2 Å². The molecule has 1 heterocycles. The van der Waals surface area contributed by atoms with Crippen molar-refractivity contribution < 1.29 is 5.11 Å². The molecule has 4 aromatic carbocycles. The van der Waals surface area contributed by atoms with Gasteiger partial charge >= 0.3 is 0 Å². The van der Waals surface area contributed by atoms with Crippen LogP contribution in [-0.2, 0) is 0 Å². The van der Waals surface area contributed by atoms with Crippen LogP contribution >= 0.6 is 15.9 Å². The highest BCUT2D eigenvalue weighted by Gasteiger charge is 2.25. The summed E-state index contributed by atoms with van der Waals surface area (Å²) in [5.41, 5.74) is 2.86. The molecule has 0 fully saturated rings. The van der Waals surface area contributed by atoms with Crippen molar-refractivity contribution in [1.29, 1.82) is 0 Å². The maximum Gasteiger partial charge on any atom is 0.283 e. The quantitative estimate of drug-likeness (QED) is 0.232. The van der Waals surface area contributed by atoms with Crippen molar-refractivity contribution in [3.63, 3.8) is 0 Å². The Hall–Kier alpha value is -4.49. The maximum atomic E-state index is 13.9. The lowest BCUT2D eigenvalue weighted by molar-refractivity contribution is 0.424. The molecule has 0 amide bonds. The van der Waals surface area contributed by atoms with E-state index in [0.717, 1.165) is 10.0 Å². The van der Waals surface area contributed by atoms with Crippen molar-refractivity contribution in [2.75, 3.05) is 0 Å². The van der Waals surface area contributed by atoms with Gasteiger partial charge in [0.25, 0.3) is 5.56 Å². The Morgan fingerprint density at radius 1 is 0.722 bits per heavy atom. The molecule has 0 aliphatic rings. The van der Waals surface area contributed by atoms with Crippen LogP contribution in [0.25, 0.3) is 16.9 Å². The van der Waals surface area contributed by atoms with Crippen LogP contribution in [0.2, 0.25) is 0 Å². The van der Waals surface area contributed by atoms with E-state index in [2.05, 4.69) is 26.2 Å². The first-order valence-electron chi connectivity index (χ1n) is 11.2. The van der Waals surface area contributed by atoms with Gasteiger partial charge in [-0.15, -0.1) is 0 Å². The van der Waals surface area contributed by atoms with E-state index in [0.29, 0.717) is 22.6 Å². The molecular formula is C29H21BrN4O2. The topological polar surface area (TPSA) is 71.9 Å². The highest BCUT2D eigenvalue weighted by atomic mass is 79.9. The van der Waals surface area contributed by atoms with Gasteiger partial charge < -0.3 is 5.11 Å². The molecular weight excluding hydrogens is 516 g/mol. The molecule has 1 N–H and O–H groups in total. The molecule has 176 valence electrons. The lowest BCUT2D eigenvalue weighted by Gasteiger charge is -2.12. The van der Waals surface area contributed by atoms with Gasteiger partial charge in [0.05, 0.1) is 23.3 Å². The summed E-state index contributed by atoms with van der Waals surface area (Å²) >= 11 is 3.41. The van der Waals surface area contributed by atoms with Gasteiger partial charge in [0, 0.05) is 10.0 Å². The highest BCUT2D eigenvalue weighted by molar-refractivity contribution is 9.10. The summed E-state index contributed by atoms with van der Waals surface area (Å²) in [5.74, 6) is -0.191. The molecule has 0 unspecified atom stereocenters. The van der Waals surface area contributed by atoms with Crippen molar-refractivity contribution in [1.82, 2.24) is 9.36 Å². The van der Waals surface area contributed by atoms with Gasteiger partial charge in [-0.1, -0.05) is 82.7 Å². The Kier molecular flexibility index (Phi) is 6.73. The average molecular weight is 537 g/mol. The van der Waals surface area contributed by atoms with E-state index in [1.54, 1.807) is 0 Å². The van der Waals surface area contributed by atoms with Crippen molar-refractivity contribution in [3.8, 4) is 17.3 Å². The smallest absolute Gasteiger partial charge is 0.283 e. The zero-order chi connectivity index (χ0) is 24.9. The second kappa shape index (κ2) is 10.4. The van der Waals surface area contributed by atoms with Gasteiger partial charge in [0.2, 0.25) is 5.88 Å². The van der Waals surface area contributed by atoms with Gasteiger partial charge in [0.15, 0.2) is 0 Å². The predicted octanol–water partition coefficient (Wildman–Crippen LogP) is 7.27. The van der Waals surface area contributed by atoms with Crippen LogP contribution < -0.4 is 5.56 Å². The fraction of sp³-hybridized carbons (Fsp3) is 0. The van der Waals surface area contributed by atoms with Crippen LogP contribution in [0.3, 0.4) is 0 Å². The van der Waals surface area contributed by atoms with E-state index in [-0.39, 0.29) is 17.0 Å². The van der Waals surface area contributed by atoms with E-state index < -0.39 is 0 Å². The Labute approximate surface area is 216 Å². The molecule has 6 nitrogen and oxygen atoms in total. The zero-order valence-electron chi connectivity index (χ0n) is 19.1. The monoisotopic (exact) mass is 536 g/mol. The lowest BCUT2D eigenvalue weighted by Crippen LogP contribution is -2.21. The van der Waals surface area contributed by atoms with Crippen molar-refractivity contribution in [3.05, 3.63) is 147 Å². The predicted molar refractivity (Wildman–Crippen MR) is 145 cm³/mol. The fourth-order valence-electron chi connectivity index (χ4n) is 3.90. The molecule has 0 saturated heterocycles. The first-order chi connectivity index (χ1) is 17.6. The number of hydrogen-bond donors (Lipinski definition) is 1. The Morgan fingerprint density at radius 2 is 1.25 bits per heavy atom. The summed E-state index contributed by atoms with van der Waals surface area (Å²) in [6.45, 7) is 0. The number of aromatic hydroxyl groups is 1. The van der Waals surface area contributed by atoms with Crippen molar-refractivity contribution in [2.45, 2.75) is 0 Å². The third-order valence-corrected chi connectivity index (χ3v) is 6.10. The Bertz CT molecular complexity index is 1590. The van der Waals surface area contributed by atoms with Crippen LogP contribution in [0.15, 0.2) is 141 Å². The van der Waals surface area contributed by atoms with E-state index in [1.165, 1.54) is 15.6 Å². The molecule has 36 heavy (non-hydrogen) atoms. The number of nitrogens with zero attached hydrogens (tertiary/aromatic N) is 4. The van der Waals surface area contributed by atoms with Crippen LogP contribution in [0, 0.1) is 0 Å². The number of azo groups is 1. The molecule has 7 heteroatoms. The van der Waals surface area contributed by atoms with E-state index in [9.17, 15) is 9.90 Å². The number of rotatable bonds is 6. The van der Waals surface area contributed by atoms with Crippen LogP contribution in [0.4, 0.5) is 5.69 Å². The first-order valence-corrected chi connectivity index (χ1v) is 12.0. The minimum Gasteiger partial charge on any atom is -0.493 e. The minimum atomic E-state index is -0.378. The van der Waals surface area contributed by atoms with Crippen LogP contribution in [0.5, 0.6) is 5.88 Å². The number of aromatic nitrogens is 2. The van der Waals surface area contributed by atoms with E-state index in [4.69, 9.17) is 0 Å². The Balaban J connectivity index is 1.74. The molecule has 0 aliphatic heterocycles. The van der Waals surface area contributed by atoms with Crippen molar-refractivity contribution >= 4 is 27.2 Å². The summed E-state index contributed by atoms with van der Waals surface area (Å²) in [4.78, 5) is 13.9. The third kappa shape index (κ3) is 4.69. The highest BCUT2D eigenvalue weighted by Crippen LogP contribution is 2.32. The number of halogens is 1. The maximum absolute atomic E-state index is 13.9.